The summed E-state index contributed by atoms with van der Waals surface area (Å²) in [6, 6.07) is 1.23. The van der Waals surface area contributed by atoms with Crippen molar-refractivity contribution in [1.82, 2.24) is 9.78 Å². The highest BCUT2D eigenvalue weighted by atomic mass is 16.5. The van der Waals surface area contributed by atoms with E-state index in [1.54, 1.807) is 6.92 Å². The molecule has 0 bridgehead atoms. The van der Waals surface area contributed by atoms with Crippen molar-refractivity contribution >= 4 is 11.9 Å². The molecule has 0 amide bonds. The van der Waals surface area contributed by atoms with Crippen molar-refractivity contribution < 1.29 is 19.4 Å². The quantitative estimate of drug-likeness (QED) is 0.762. The Labute approximate surface area is 92.8 Å². The van der Waals surface area contributed by atoms with E-state index in [4.69, 9.17) is 9.84 Å². The largest absolute Gasteiger partial charge is 0.476 e. The fourth-order valence-electron chi connectivity index (χ4n) is 1.27. The number of aromatic carboxylic acids is 1. The molecule has 1 heterocycles. The standard InChI is InChI=1S/C10H14N2O4/c1-3-5-12-8(10(15)16-4-2)6-7(11-12)9(13)14/h6H,3-5H2,1-2H3,(H,13,14). The SMILES string of the molecule is CCCn1nc(C(=O)O)cc1C(=O)OCC. The molecule has 0 saturated heterocycles. The maximum Gasteiger partial charge on any atom is 0.356 e. The summed E-state index contributed by atoms with van der Waals surface area (Å²) in [4.78, 5) is 22.2. The third kappa shape index (κ3) is 2.59. The summed E-state index contributed by atoms with van der Waals surface area (Å²) in [6.07, 6.45) is 0.757. The zero-order valence-electron chi connectivity index (χ0n) is 9.27. The van der Waals surface area contributed by atoms with E-state index >= 15 is 0 Å². The van der Waals surface area contributed by atoms with Gasteiger partial charge in [-0.15, -0.1) is 0 Å². The minimum Gasteiger partial charge on any atom is -0.476 e. The minimum atomic E-state index is -1.15. The van der Waals surface area contributed by atoms with Crippen molar-refractivity contribution in [2.24, 2.45) is 0 Å². The highest BCUT2D eigenvalue weighted by molar-refractivity contribution is 5.92. The second-order valence-electron chi connectivity index (χ2n) is 3.16. The Hall–Kier alpha value is -1.85. The van der Waals surface area contributed by atoms with Gasteiger partial charge in [-0.2, -0.15) is 5.10 Å². The molecule has 1 aromatic rings. The number of rotatable bonds is 5. The first-order valence-electron chi connectivity index (χ1n) is 5.08. The lowest BCUT2D eigenvalue weighted by Gasteiger charge is -2.04. The van der Waals surface area contributed by atoms with Crippen LogP contribution in [0.15, 0.2) is 6.07 Å². The number of hydrogen-bond acceptors (Lipinski definition) is 4. The van der Waals surface area contributed by atoms with Crippen molar-refractivity contribution in [3.05, 3.63) is 17.5 Å². The van der Waals surface area contributed by atoms with Gasteiger partial charge in [-0.05, 0) is 13.3 Å². The Balaban J connectivity index is 3.04. The van der Waals surface area contributed by atoms with Crippen LogP contribution in [-0.2, 0) is 11.3 Å². The van der Waals surface area contributed by atoms with Crippen LogP contribution in [0.2, 0.25) is 0 Å². The number of carbonyl (C=O) groups is 2. The van der Waals surface area contributed by atoms with Crippen molar-refractivity contribution in [2.45, 2.75) is 26.8 Å². The summed E-state index contributed by atoms with van der Waals surface area (Å²) in [6.45, 7) is 4.34. The van der Waals surface area contributed by atoms with E-state index in [1.807, 2.05) is 6.92 Å². The zero-order valence-corrected chi connectivity index (χ0v) is 9.27. The van der Waals surface area contributed by atoms with Gasteiger partial charge in [0.1, 0.15) is 5.69 Å². The molecule has 0 aromatic carbocycles. The minimum absolute atomic E-state index is 0.142. The van der Waals surface area contributed by atoms with Crippen LogP contribution >= 0.6 is 0 Å². The Kier molecular flexibility index (Phi) is 4.04. The number of esters is 1. The van der Waals surface area contributed by atoms with E-state index in [2.05, 4.69) is 5.10 Å². The monoisotopic (exact) mass is 226 g/mol. The molecule has 6 heteroatoms. The number of carboxylic acids is 1. The van der Waals surface area contributed by atoms with Gasteiger partial charge >= 0.3 is 11.9 Å². The van der Waals surface area contributed by atoms with E-state index in [9.17, 15) is 9.59 Å². The molecule has 1 rings (SSSR count). The van der Waals surface area contributed by atoms with Crippen LogP contribution in [0.25, 0.3) is 0 Å². The molecule has 0 atom stereocenters. The fraction of sp³-hybridized carbons (Fsp3) is 0.500. The predicted octanol–water partition coefficient (Wildman–Crippen LogP) is 1.17. The smallest absolute Gasteiger partial charge is 0.356 e. The molecule has 0 aliphatic carbocycles. The molecule has 0 spiro atoms. The number of hydrogen-bond donors (Lipinski definition) is 1. The molecule has 16 heavy (non-hydrogen) atoms. The summed E-state index contributed by atoms with van der Waals surface area (Å²) in [7, 11) is 0. The summed E-state index contributed by atoms with van der Waals surface area (Å²) in [5.74, 6) is -1.70. The van der Waals surface area contributed by atoms with Crippen molar-refractivity contribution in [3.8, 4) is 0 Å². The van der Waals surface area contributed by atoms with Crippen molar-refractivity contribution in [3.63, 3.8) is 0 Å². The molecule has 1 N–H and O–H groups in total. The molecular weight excluding hydrogens is 212 g/mol. The van der Waals surface area contributed by atoms with E-state index in [0.717, 1.165) is 6.42 Å². The molecule has 1 aromatic heterocycles. The Morgan fingerprint density at radius 3 is 2.69 bits per heavy atom. The third-order valence-electron chi connectivity index (χ3n) is 1.92. The second-order valence-corrected chi connectivity index (χ2v) is 3.16. The first kappa shape index (κ1) is 12.2. The van der Waals surface area contributed by atoms with Gasteiger partial charge < -0.3 is 9.84 Å². The molecule has 0 aliphatic rings. The van der Waals surface area contributed by atoms with Gasteiger partial charge in [-0.1, -0.05) is 6.92 Å². The summed E-state index contributed by atoms with van der Waals surface area (Å²) >= 11 is 0. The maximum absolute atomic E-state index is 11.5. The molecule has 0 aliphatic heterocycles. The predicted molar refractivity (Wildman–Crippen MR) is 55.4 cm³/mol. The van der Waals surface area contributed by atoms with Gasteiger partial charge in [0.15, 0.2) is 5.69 Å². The van der Waals surface area contributed by atoms with Crippen LogP contribution in [0.1, 0.15) is 41.2 Å². The zero-order chi connectivity index (χ0) is 12.1. The van der Waals surface area contributed by atoms with E-state index in [-0.39, 0.29) is 18.0 Å². The molecule has 0 saturated carbocycles. The maximum atomic E-state index is 11.5. The van der Waals surface area contributed by atoms with Crippen LogP contribution in [0.4, 0.5) is 0 Å². The second kappa shape index (κ2) is 5.29. The van der Waals surface area contributed by atoms with Gasteiger partial charge in [-0.25, -0.2) is 9.59 Å². The van der Waals surface area contributed by atoms with Crippen LogP contribution in [-0.4, -0.2) is 33.4 Å². The molecule has 0 fully saturated rings. The number of nitrogens with zero attached hydrogens (tertiary/aromatic N) is 2. The van der Waals surface area contributed by atoms with Crippen LogP contribution in [0.3, 0.4) is 0 Å². The Morgan fingerprint density at radius 2 is 2.19 bits per heavy atom. The first-order valence-corrected chi connectivity index (χ1v) is 5.08. The molecule has 88 valence electrons. The van der Waals surface area contributed by atoms with Crippen LogP contribution in [0, 0.1) is 0 Å². The number of aromatic nitrogens is 2. The average molecular weight is 226 g/mol. The number of carboxylic acid groups (broad SMARTS) is 1. The van der Waals surface area contributed by atoms with E-state index in [1.165, 1.54) is 10.7 Å². The molecule has 0 unspecified atom stereocenters. The first-order chi connectivity index (χ1) is 7.60. The lowest BCUT2D eigenvalue weighted by Crippen LogP contribution is -2.13. The summed E-state index contributed by atoms with van der Waals surface area (Å²) in [5, 5.41) is 12.6. The average Bonchev–Trinajstić information content (AvgIpc) is 2.63. The van der Waals surface area contributed by atoms with E-state index in [0.29, 0.717) is 6.54 Å². The highest BCUT2D eigenvalue weighted by Gasteiger charge is 2.18. The lowest BCUT2D eigenvalue weighted by atomic mass is 10.3. The lowest BCUT2D eigenvalue weighted by molar-refractivity contribution is 0.0511. The van der Waals surface area contributed by atoms with Crippen molar-refractivity contribution in [1.29, 1.82) is 0 Å². The van der Waals surface area contributed by atoms with Gasteiger partial charge in [0.05, 0.1) is 6.61 Å². The van der Waals surface area contributed by atoms with Gasteiger partial charge in [0, 0.05) is 12.6 Å². The number of carbonyl (C=O) groups excluding carboxylic acids is 1. The Morgan fingerprint density at radius 1 is 1.50 bits per heavy atom. The van der Waals surface area contributed by atoms with Crippen LogP contribution in [0.5, 0.6) is 0 Å². The fourth-order valence-corrected chi connectivity index (χ4v) is 1.27. The number of aryl methyl sites for hydroxylation is 1. The van der Waals surface area contributed by atoms with Gasteiger partial charge in [0.2, 0.25) is 0 Å². The van der Waals surface area contributed by atoms with Gasteiger partial charge in [-0.3, -0.25) is 4.68 Å². The van der Waals surface area contributed by atoms with E-state index < -0.39 is 11.9 Å². The molecule has 6 nitrogen and oxygen atoms in total. The summed E-state index contributed by atoms with van der Waals surface area (Å²) < 4.78 is 6.18. The normalized spacial score (nSPS) is 10.1. The number of ether oxygens (including phenoxy) is 1. The molecular formula is C10H14N2O4. The third-order valence-corrected chi connectivity index (χ3v) is 1.92. The van der Waals surface area contributed by atoms with Crippen molar-refractivity contribution in [2.75, 3.05) is 6.61 Å². The van der Waals surface area contributed by atoms with Crippen LogP contribution < -0.4 is 0 Å². The summed E-state index contributed by atoms with van der Waals surface area (Å²) in [5.41, 5.74) is 0.0394. The highest BCUT2D eigenvalue weighted by Crippen LogP contribution is 2.07. The topological polar surface area (TPSA) is 81.4 Å². The van der Waals surface area contributed by atoms with Gasteiger partial charge in [0.25, 0.3) is 0 Å². The molecule has 0 radical (unpaired) electrons. The Bertz CT molecular complexity index is 398.